The van der Waals surface area contributed by atoms with Crippen molar-refractivity contribution in [3.05, 3.63) is 94.2 Å². The van der Waals surface area contributed by atoms with E-state index < -0.39 is 10.8 Å². The van der Waals surface area contributed by atoms with E-state index in [1.807, 2.05) is 57.2 Å². The number of pyridine rings is 1. The van der Waals surface area contributed by atoms with Crippen LogP contribution in [0.15, 0.2) is 72.9 Å². The van der Waals surface area contributed by atoms with Crippen LogP contribution in [0, 0.1) is 10.1 Å². The number of carbonyl (C=O) groups excluding carboxylic acids is 1. The monoisotopic (exact) mass is 389 g/mol. The maximum Gasteiger partial charge on any atom is 0.308 e. The molecule has 0 saturated carbocycles. The van der Waals surface area contributed by atoms with Gasteiger partial charge in [0.25, 0.3) is 5.91 Å². The van der Waals surface area contributed by atoms with Gasteiger partial charge in [0.2, 0.25) is 0 Å². The maximum absolute atomic E-state index is 13.0. The van der Waals surface area contributed by atoms with Crippen molar-refractivity contribution in [3.8, 4) is 11.3 Å². The molecule has 0 saturated heterocycles. The molecule has 0 bridgehead atoms. The van der Waals surface area contributed by atoms with Crippen molar-refractivity contribution in [2.24, 2.45) is 0 Å². The maximum atomic E-state index is 13.0. The molecular formula is C23H23N3O3. The lowest BCUT2D eigenvalue weighted by molar-refractivity contribution is -0.384. The molecule has 2 aromatic carbocycles. The third kappa shape index (κ3) is 4.16. The lowest BCUT2D eigenvalue weighted by atomic mass is 9.78. The normalized spacial score (nSPS) is 12.2. The standard InChI is InChI=1S/C23H23N3O3/c1-16(23(2,3)18-12-8-5-9-13-18)25-22(27)19-14-15-24-20(21(19)26(28)29)17-10-6-4-7-11-17/h4-16H,1-3H3,(H,25,27)/t16-/m0/s1. The molecule has 6 heteroatoms. The molecule has 1 amide bonds. The predicted molar refractivity (Wildman–Crippen MR) is 113 cm³/mol. The molecule has 0 unspecified atom stereocenters. The minimum atomic E-state index is -0.544. The fourth-order valence-electron chi connectivity index (χ4n) is 3.20. The van der Waals surface area contributed by atoms with Crippen LogP contribution >= 0.6 is 0 Å². The summed E-state index contributed by atoms with van der Waals surface area (Å²) in [6, 6.07) is 19.8. The first kappa shape index (κ1) is 20.2. The van der Waals surface area contributed by atoms with E-state index in [1.54, 1.807) is 24.3 Å². The number of benzene rings is 2. The molecule has 0 fully saturated rings. The Morgan fingerprint density at radius 3 is 2.21 bits per heavy atom. The smallest absolute Gasteiger partial charge is 0.308 e. The number of hydrogen-bond donors (Lipinski definition) is 1. The summed E-state index contributed by atoms with van der Waals surface area (Å²) in [6.07, 6.45) is 1.43. The number of nitro groups is 1. The van der Waals surface area contributed by atoms with E-state index in [0.717, 1.165) is 5.56 Å². The molecule has 0 radical (unpaired) electrons. The van der Waals surface area contributed by atoms with Gasteiger partial charge in [0, 0.05) is 23.2 Å². The average Bonchev–Trinajstić information content (AvgIpc) is 2.74. The lowest BCUT2D eigenvalue weighted by Gasteiger charge is -2.33. The Morgan fingerprint density at radius 1 is 1.03 bits per heavy atom. The summed E-state index contributed by atoms with van der Waals surface area (Å²) in [5.41, 5.74) is 1.19. The molecule has 1 N–H and O–H groups in total. The van der Waals surface area contributed by atoms with Crippen LogP contribution in [-0.4, -0.2) is 21.9 Å². The minimum Gasteiger partial charge on any atom is -0.348 e. The van der Waals surface area contributed by atoms with Crippen molar-refractivity contribution >= 4 is 11.6 Å². The van der Waals surface area contributed by atoms with E-state index in [1.165, 1.54) is 12.3 Å². The number of rotatable bonds is 6. The Hall–Kier alpha value is -3.54. The lowest BCUT2D eigenvalue weighted by Crippen LogP contribution is -2.45. The Morgan fingerprint density at radius 2 is 1.62 bits per heavy atom. The summed E-state index contributed by atoms with van der Waals surface area (Å²) in [5.74, 6) is -0.493. The Labute approximate surface area is 169 Å². The van der Waals surface area contributed by atoms with Crippen molar-refractivity contribution in [2.75, 3.05) is 0 Å². The highest BCUT2D eigenvalue weighted by molar-refractivity contribution is 6.00. The van der Waals surface area contributed by atoms with Gasteiger partial charge in [-0.1, -0.05) is 74.5 Å². The van der Waals surface area contributed by atoms with E-state index >= 15 is 0 Å². The zero-order valence-electron chi connectivity index (χ0n) is 16.6. The van der Waals surface area contributed by atoms with Gasteiger partial charge in [-0.2, -0.15) is 0 Å². The van der Waals surface area contributed by atoms with Crippen LogP contribution in [0.5, 0.6) is 0 Å². The number of amides is 1. The highest BCUT2D eigenvalue weighted by atomic mass is 16.6. The van der Waals surface area contributed by atoms with E-state index in [0.29, 0.717) is 5.56 Å². The van der Waals surface area contributed by atoms with Gasteiger partial charge in [-0.05, 0) is 18.6 Å². The minimum absolute atomic E-state index is 0.000403. The summed E-state index contributed by atoms with van der Waals surface area (Å²) >= 11 is 0. The highest BCUT2D eigenvalue weighted by Crippen LogP contribution is 2.32. The molecule has 0 spiro atoms. The van der Waals surface area contributed by atoms with Gasteiger partial charge in [0.1, 0.15) is 11.3 Å². The number of hydrogen-bond acceptors (Lipinski definition) is 4. The number of nitrogens with one attached hydrogen (secondary N) is 1. The van der Waals surface area contributed by atoms with Gasteiger partial charge in [0.15, 0.2) is 0 Å². The van der Waals surface area contributed by atoms with Crippen molar-refractivity contribution in [2.45, 2.75) is 32.2 Å². The van der Waals surface area contributed by atoms with Gasteiger partial charge in [-0.15, -0.1) is 0 Å². The molecule has 1 aromatic heterocycles. The van der Waals surface area contributed by atoms with Crippen molar-refractivity contribution < 1.29 is 9.72 Å². The summed E-state index contributed by atoms with van der Waals surface area (Å²) in [5, 5.41) is 14.7. The second-order valence-corrected chi connectivity index (χ2v) is 7.46. The quantitative estimate of drug-likeness (QED) is 0.487. The highest BCUT2D eigenvalue weighted by Gasteiger charge is 2.32. The van der Waals surface area contributed by atoms with E-state index in [-0.39, 0.29) is 28.4 Å². The summed E-state index contributed by atoms with van der Waals surface area (Å²) in [7, 11) is 0. The van der Waals surface area contributed by atoms with Gasteiger partial charge < -0.3 is 5.32 Å². The van der Waals surface area contributed by atoms with Crippen LogP contribution in [0.25, 0.3) is 11.3 Å². The number of carbonyl (C=O) groups is 1. The molecule has 0 aliphatic heterocycles. The first-order chi connectivity index (χ1) is 13.8. The SMILES string of the molecule is C[C@H](NC(=O)c1ccnc(-c2ccccc2)c1[N+](=O)[O-])C(C)(C)c1ccccc1. The van der Waals surface area contributed by atoms with Crippen LogP contribution in [0.3, 0.4) is 0 Å². The zero-order valence-corrected chi connectivity index (χ0v) is 16.6. The Balaban J connectivity index is 1.94. The van der Waals surface area contributed by atoms with Gasteiger partial charge in [0.05, 0.1) is 4.92 Å². The first-order valence-electron chi connectivity index (χ1n) is 9.37. The van der Waals surface area contributed by atoms with Crippen molar-refractivity contribution in [1.82, 2.24) is 10.3 Å². The Kier molecular flexibility index (Phi) is 5.73. The van der Waals surface area contributed by atoms with Gasteiger partial charge in [-0.25, -0.2) is 4.98 Å². The van der Waals surface area contributed by atoms with Crippen LogP contribution in [-0.2, 0) is 5.41 Å². The third-order valence-corrected chi connectivity index (χ3v) is 5.35. The van der Waals surface area contributed by atoms with E-state index in [9.17, 15) is 14.9 Å². The van der Waals surface area contributed by atoms with Gasteiger partial charge in [-0.3, -0.25) is 14.9 Å². The van der Waals surface area contributed by atoms with E-state index in [4.69, 9.17) is 0 Å². The molecule has 1 atom stereocenters. The first-order valence-corrected chi connectivity index (χ1v) is 9.37. The molecule has 0 aliphatic carbocycles. The van der Waals surface area contributed by atoms with E-state index in [2.05, 4.69) is 10.3 Å². The molecule has 0 aliphatic rings. The van der Waals surface area contributed by atoms with Crippen LogP contribution in [0.1, 0.15) is 36.7 Å². The van der Waals surface area contributed by atoms with Crippen LogP contribution in [0.4, 0.5) is 5.69 Å². The van der Waals surface area contributed by atoms with Gasteiger partial charge >= 0.3 is 5.69 Å². The topological polar surface area (TPSA) is 85.1 Å². The summed E-state index contributed by atoms with van der Waals surface area (Å²) in [6.45, 7) is 5.96. The van der Waals surface area contributed by atoms with Crippen LogP contribution < -0.4 is 5.32 Å². The fourth-order valence-corrected chi connectivity index (χ4v) is 3.20. The molecule has 3 aromatic rings. The van der Waals surface area contributed by atoms with Crippen LogP contribution in [0.2, 0.25) is 0 Å². The molecule has 3 rings (SSSR count). The number of nitrogens with zero attached hydrogens (tertiary/aromatic N) is 2. The van der Waals surface area contributed by atoms with Crippen molar-refractivity contribution in [3.63, 3.8) is 0 Å². The average molecular weight is 389 g/mol. The second kappa shape index (κ2) is 8.22. The second-order valence-electron chi connectivity index (χ2n) is 7.46. The molecule has 148 valence electrons. The summed E-state index contributed by atoms with van der Waals surface area (Å²) in [4.78, 5) is 28.4. The number of aromatic nitrogens is 1. The molecular weight excluding hydrogens is 366 g/mol. The Bertz CT molecular complexity index is 1020. The van der Waals surface area contributed by atoms with Crippen molar-refractivity contribution in [1.29, 1.82) is 0 Å². The molecule has 6 nitrogen and oxygen atoms in total. The summed E-state index contributed by atoms with van der Waals surface area (Å²) < 4.78 is 0. The predicted octanol–water partition coefficient (Wildman–Crippen LogP) is 4.75. The fraction of sp³-hybridized carbons (Fsp3) is 0.217. The largest absolute Gasteiger partial charge is 0.348 e. The molecule has 1 heterocycles. The molecule has 29 heavy (non-hydrogen) atoms. The third-order valence-electron chi connectivity index (χ3n) is 5.35. The zero-order chi connectivity index (χ0) is 21.0.